The summed E-state index contributed by atoms with van der Waals surface area (Å²) in [7, 11) is 1.71. The average molecular weight is 263 g/mol. The van der Waals surface area contributed by atoms with E-state index in [1.807, 2.05) is 4.90 Å². The topological polar surface area (TPSA) is 55.6 Å². The fourth-order valence-corrected chi connectivity index (χ4v) is 2.82. The van der Waals surface area contributed by atoms with E-state index in [4.69, 9.17) is 10.5 Å². The zero-order chi connectivity index (χ0) is 11.5. The second kappa shape index (κ2) is 6.57. The minimum Gasteiger partial charge on any atom is -0.380 e. The summed E-state index contributed by atoms with van der Waals surface area (Å²) in [5.41, 5.74) is 5.98. The van der Waals surface area contributed by atoms with Crippen molar-refractivity contribution in [3.8, 4) is 0 Å². The lowest BCUT2D eigenvalue weighted by molar-refractivity contribution is -0.131. The van der Waals surface area contributed by atoms with Gasteiger partial charge in [0.25, 0.3) is 0 Å². The van der Waals surface area contributed by atoms with E-state index in [2.05, 4.69) is 0 Å². The monoisotopic (exact) mass is 262 g/mol. The molecule has 0 radical (unpaired) electrons. The van der Waals surface area contributed by atoms with Crippen LogP contribution in [0.2, 0.25) is 0 Å². The van der Waals surface area contributed by atoms with Crippen LogP contribution in [0.15, 0.2) is 0 Å². The zero-order valence-corrected chi connectivity index (χ0v) is 11.2. The number of methoxy groups -OCH3 is 1. The summed E-state index contributed by atoms with van der Waals surface area (Å²) in [6, 6.07) is 0.241. The van der Waals surface area contributed by atoms with Crippen LogP contribution in [0, 0.1) is 5.92 Å². The molecule has 1 saturated heterocycles. The quantitative estimate of drug-likeness (QED) is 0.831. The number of rotatable bonds is 3. The van der Waals surface area contributed by atoms with E-state index in [0.717, 1.165) is 32.4 Å². The van der Waals surface area contributed by atoms with Crippen molar-refractivity contribution in [2.75, 3.05) is 20.2 Å². The van der Waals surface area contributed by atoms with Gasteiger partial charge in [-0.3, -0.25) is 4.79 Å². The Morgan fingerprint density at radius 3 is 2.71 bits per heavy atom. The number of carbonyl (C=O) groups is 1. The molecule has 1 amide bonds. The molecule has 0 aromatic heterocycles. The maximum atomic E-state index is 12.0. The molecule has 2 N–H and O–H groups in total. The van der Waals surface area contributed by atoms with E-state index >= 15 is 0 Å². The van der Waals surface area contributed by atoms with Crippen molar-refractivity contribution >= 4 is 18.3 Å². The van der Waals surface area contributed by atoms with E-state index in [9.17, 15) is 4.79 Å². The number of ether oxygens (including phenoxy) is 1. The standard InChI is InChI=1S/C12H22N2O2.ClH/c1-16-10-5-6-14(8-10)12(15)7-9-3-2-4-11(9)13;/h9-11H,2-8,13H2,1H3;1H/t9-,10+,11+;/m0./s1. The highest BCUT2D eigenvalue weighted by atomic mass is 35.5. The van der Waals surface area contributed by atoms with E-state index in [0.29, 0.717) is 12.3 Å². The molecule has 2 aliphatic rings. The van der Waals surface area contributed by atoms with E-state index in [1.54, 1.807) is 7.11 Å². The molecule has 2 fully saturated rings. The summed E-state index contributed by atoms with van der Waals surface area (Å²) in [5, 5.41) is 0. The summed E-state index contributed by atoms with van der Waals surface area (Å²) >= 11 is 0. The maximum Gasteiger partial charge on any atom is 0.222 e. The van der Waals surface area contributed by atoms with Crippen LogP contribution in [-0.2, 0) is 9.53 Å². The smallest absolute Gasteiger partial charge is 0.222 e. The lowest BCUT2D eigenvalue weighted by Gasteiger charge is -2.20. The lowest BCUT2D eigenvalue weighted by atomic mass is 9.99. The van der Waals surface area contributed by atoms with Gasteiger partial charge in [-0.05, 0) is 25.2 Å². The number of halogens is 1. The molecule has 1 saturated carbocycles. The SMILES string of the molecule is CO[C@@H]1CCN(C(=O)C[C@@H]2CCC[C@H]2N)C1.Cl. The average Bonchev–Trinajstić information content (AvgIpc) is 2.88. The number of amides is 1. The summed E-state index contributed by atoms with van der Waals surface area (Å²) in [6.45, 7) is 1.61. The molecule has 0 spiro atoms. The summed E-state index contributed by atoms with van der Waals surface area (Å²) in [4.78, 5) is 14.0. The first-order valence-electron chi connectivity index (χ1n) is 6.27. The Morgan fingerprint density at radius 2 is 2.18 bits per heavy atom. The van der Waals surface area contributed by atoms with Gasteiger partial charge >= 0.3 is 0 Å². The van der Waals surface area contributed by atoms with Gasteiger partial charge in [-0.25, -0.2) is 0 Å². The van der Waals surface area contributed by atoms with Crippen LogP contribution in [0.1, 0.15) is 32.1 Å². The highest BCUT2D eigenvalue weighted by Gasteiger charge is 2.31. The molecule has 2 rings (SSSR count). The minimum absolute atomic E-state index is 0. The predicted molar refractivity (Wildman–Crippen MR) is 69.2 cm³/mol. The van der Waals surface area contributed by atoms with Crippen LogP contribution in [0.4, 0.5) is 0 Å². The Bertz CT molecular complexity index is 263. The Morgan fingerprint density at radius 1 is 1.41 bits per heavy atom. The molecule has 5 heteroatoms. The van der Waals surface area contributed by atoms with Crippen LogP contribution in [0.25, 0.3) is 0 Å². The molecule has 1 aliphatic carbocycles. The van der Waals surface area contributed by atoms with Gasteiger partial charge in [0.15, 0.2) is 0 Å². The van der Waals surface area contributed by atoms with Crippen LogP contribution in [0.3, 0.4) is 0 Å². The normalized spacial score (nSPS) is 32.6. The second-order valence-electron chi connectivity index (χ2n) is 5.05. The molecule has 0 aromatic carbocycles. The van der Waals surface area contributed by atoms with Crippen molar-refractivity contribution in [1.82, 2.24) is 4.90 Å². The Labute approximate surface area is 109 Å². The minimum atomic E-state index is 0. The van der Waals surface area contributed by atoms with Gasteiger partial charge in [0, 0.05) is 32.7 Å². The third kappa shape index (κ3) is 3.57. The highest BCUT2D eigenvalue weighted by molar-refractivity contribution is 5.85. The van der Waals surface area contributed by atoms with E-state index < -0.39 is 0 Å². The Kier molecular flexibility index (Phi) is 5.70. The molecular formula is C12H23ClN2O2. The lowest BCUT2D eigenvalue weighted by Crippen LogP contribution is -2.34. The summed E-state index contributed by atoms with van der Waals surface area (Å²) < 4.78 is 5.26. The number of hydrogen-bond donors (Lipinski definition) is 1. The molecule has 100 valence electrons. The third-order valence-corrected chi connectivity index (χ3v) is 3.99. The van der Waals surface area contributed by atoms with Gasteiger partial charge in [-0.15, -0.1) is 12.4 Å². The largest absolute Gasteiger partial charge is 0.380 e. The van der Waals surface area contributed by atoms with Crippen molar-refractivity contribution in [2.24, 2.45) is 11.7 Å². The molecule has 17 heavy (non-hydrogen) atoms. The molecule has 0 bridgehead atoms. The van der Waals surface area contributed by atoms with Gasteiger partial charge in [0.05, 0.1) is 6.10 Å². The van der Waals surface area contributed by atoms with Crippen molar-refractivity contribution in [2.45, 2.75) is 44.2 Å². The van der Waals surface area contributed by atoms with Gasteiger partial charge in [-0.2, -0.15) is 0 Å². The van der Waals surface area contributed by atoms with Crippen LogP contribution in [-0.4, -0.2) is 43.2 Å². The van der Waals surface area contributed by atoms with E-state index in [-0.39, 0.29) is 30.5 Å². The highest BCUT2D eigenvalue weighted by Crippen LogP contribution is 2.28. The number of hydrogen-bond acceptors (Lipinski definition) is 3. The van der Waals surface area contributed by atoms with Crippen LogP contribution in [0.5, 0.6) is 0 Å². The predicted octanol–water partition coefficient (Wildman–Crippen LogP) is 1.17. The van der Waals surface area contributed by atoms with Gasteiger partial charge in [-0.1, -0.05) is 6.42 Å². The molecule has 1 heterocycles. The Hall–Kier alpha value is -0.320. The van der Waals surface area contributed by atoms with Crippen LogP contribution >= 0.6 is 12.4 Å². The molecule has 0 aromatic rings. The number of nitrogens with zero attached hydrogens (tertiary/aromatic N) is 1. The van der Waals surface area contributed by atoms with Crippen molar-refractivity contribution in [3.63, 3.8) is 0 Å². The molecular weight excluding hydrogens is 240 g/mol. The maximum absolute atomic E-state index is 12.0. The number of carbonyl (C=O) groups excluding carboxylic acids is 1. The van der Waals surface area contributed by atoms with Gasteiger partial charge < -0.3 is 15.4 Å². The number of nitrogens with two attached hydrogens (primary N) is 1. The fraction of sp³-hybridized carbons (Fsp3) is 0.917. The zero-order valence-electron chi connectivity index (χ0n) is 10.4. The molecule has 3 atom stereocenters. The first-order chi connectivity index (χ1) is 7.70. The van der Waals surface area contributed by atoms with Crippen molar-refractivity contribution in [3.05, 3.63) is 0 Å². The molecule has 4 nitrogen and oxygen atoms in total. The van der Waals surface area contributed by atoms with Crippen LogP contribution < -0.4 is 5.73 Å². The molecule has 1 aliphatic heterocycles. The summed E-state index contributed by atoms with van der Waals surface area (Å²) in [5.74, 6) is 0.677. The van der Waals surface area contributed by atoms with Crippen molar-refractivity contribution < 1.29 is 9.53 Å². The third-order valence-electron chi connectivity index (χ3n) is 3.99. The number of likely N-dealkylation sites (tertiary alicyclic amines) is 1. The fourth-order valence-electron chi connectivity index (χ4n) is 2.82. The van der Waals surface area contributed by atoms with E-state index in [1.165, 1.54) is 6.42 Å². The van der Waals surface area contributed by atoms with Crippen molar-refractivity contribution in [1.29, 1.82) is 0 Å². The van der Waals surface area contributed by atoms with Gasteiger partial charge in [0.1, 0.15) is 0 Å². The first kappa shape index (κ1) is 14.7. The second-order valence-corrected chi connectivity index (χ2v) is 5.05. The Balaban J connectivity index is 0.00000144. The molecule has 0 unspecified atom stereocenters. The first-order valence-corrected chi connectivity index (χ1v) is 6.27. The van der Waals surface area contributed by atoms with Gasteiger partial charge in [0.2, 0.25) is 5.91 Å². The summed E-state index contributed by atoms with van der Waals surface area (Å²) in [6.07, 6.45) is 5.23.